The summed E-state index contributed by atoms with van der Waals surface area (Å²) in [5, 5.41) is 18.4. The molecule has 0 amide bonds. The number of benzene rings is 4. The molecule has 5 rings (SSSR count). The second kappa shape index (κ2) is 10.4. The number of fused-ring (bicyclic) bond motifs is 3. The monoisotopic (exact) mass is 574 g/mol. The van der Waals surface area contributed by atoms with Crippen molar-refractivity contribution >= 4 is 74.2 Å². The fourth-order valence-corrected chi connectivity index (χ4v) is 4.36. The number of rotatable bonds is 5. The standard InChI is InChI=1S/C25H15Cl2F3N6OS/c26-19-2-1-3-20(27)23(19)32-24(38)34-31-13-14-4-10-18-15(12-14)5-11-21-22(18)33-35-36(21)16-6-8-17(9-7-16)37-25(28,29)30/h1-13H,(H2,32,34,38). The first kappa shape index (κ1) is 25.7. The third-order valence-corrected chi connectivity index (χ3v) is 6.18. The van der Waals surface area contributed by atoms with E-state index in [1.165, 1.54) is 24.3 Å². The summed E-state index contributed by atoms with van der Waals surface area (Å²) in [5.74, 6) is -0.316. The maximum absolute atomic E-state index is 12.4. The number of hydrogen-bond donors (Lipinski definition) is 2. The largest absolute Gasteiger partial charge is 0.573 e. The van der Waals surface area contributed by atoms with Gasteiger partial charge in [0.15, 0.2) is 5.11 Å². The van der Waals surface area contributed by atoms with Gasteiger partial charge < -0.3 is 10.1 Å². The van der Waals surface area contributed by atoms with Gasteiger partial charge in [-0.3, -0.25) is 5.43 Å². The molecule has 0 aliphatic carbocycles. The lowest BCUT2D eigenvalue weighted by molar-refractivity contribution is -0.274. The van der Waals surface area contributed by atoms with Crippen molar-refractivity contribution in [2.75, 3.05) is 5.32 Å². The van der Waals surface area contributed by atoms with Crippen molar-refractivity contribution in [3.8, 4) is 11.4 Å². The summed E-state index contributed by atoms with van der Waals surface area (Å²) in [5.41, 5.74) is 5.89. The molecule has 7 nitrogen and oxygen atoms in total. The lowest BCUT2D eigenvalue weighted by Gasteiger charge is -2.10. The minimum atomic E-state index is -4.76. The molecule has 0 bridgehead atoms. The Kier molecular flexibility index (Phi) is 7.06. The van der Waals surface area contributed by atoms with E-state index in [1.807, 2.05) is 30.3 Å². The number of nitrogens with one attached hydrogen (secondary N) is 2. The molecule has 0 aliphatic rings. The van der Waals surface area contributed by atoms with E-state index in [4.69, 9.17) is 35.4 Å². The molecule has 0 saturated carbocycles. The van der Waals surface area contributed by atoms with Crippen LogP contribution in [0.15, 0.2) is 77.9 Å². The molecule has 38 heavy (non-hydrogen) atoms. The Morgan fingerprint density at radius 2 is 1.74 bits per heavy atom. The molecule has 4 aromatic carbocycles. The molecule has 0 unspecified atom stereocenters. The number of hydrazone groups is 1. The van der Waals surface area contributed by atoms with Crippen LogP contribution in [-0.4, -0.2) is 32.7 Å². The summed E-state index contributed by atoms with van der Waals surface area (Å²) in [6.45, 7) is 0. The van der Waals surface area contributed by atoms with Crippen LogP contribution in [0.5, 0.6) is 5.75 Å². The van der Waals surface area contributed by atoms with Crippen LogP contribution in [0.3, 0.4) is 0 Å². The average Bonchev–Trinajstić information content (AvgIpc) is 3.30. The first-order chi connectivity index (χ1) is 18.2. The lowest BCUT2D eigenvalue weighted by Crippen LogP contribution is -2.24. The molecule has 13 heteroatoms. The number of anilines is 1. The van der Waals surface area contributed by atoms with Crippen LogP contribution in [0.25, 0.3) is 27.5 Å². The van der Waals surface area contributed by atoms with Gasteiger partial charge in [0.25, 0.3) is 0 Å². The predicted molar refractivity (Wildman–Crippen MR) is 146 cm³/mol. The van der Waals surface area contributed by atoms with Gasteiger partial charge in [0, 0.05) is 5.39 Å². The highest BCUT2D eigenvalue weighted by molar-refractivity contribution is 7.80. The Hall–Kier alpha value is -3.93. The van der Waals surface area contributed by atoms with Crippen molar-refractivity contribution in [2.45, 2.75) is 6.36 Å². The Bertz CT molecular complexity index is 1670. The van der Waals surface area contributed by atoms with E-state index in [-0.39, 0.29) is 10.9 Å². The zero-order chi connectivity index (χ0) is 26.9. The molecule has 1 aromatic heterocycles. The maximum atomic E-state index is 12.4. The molecule has 2 N–H and O–H groups in total. The summed E-state index contributed by atoms with van der Waals surface area (Å²) in [6, 6.07) is 19.9. The quantitative estimate of drug-likeness (QED) is 0.132. The van der Waals surface area contributed by atoms with Gasteiger partial charge in [-0.1, -0.05) is 52.7 Å². The van der Waals surface area contributed by atoms with Crippen LogP contribution < -0.4 is 15.5 Å². The van der Waals surface area contributed by atoms with Crippen molar-refractivity contribution in [2.24, 2.45) is 5.10 Å². The summed E-state index contributed by atoms with van der Waals surface area (Å²) in [6.07, 6.45) is -3.15. The molecule has 1 heterocycles. The first-order valence-corrected chi connectivity index (χ1v) is 12.0. The van der Waals surface area contributed by atoms with E-state index >= 15 is 0 Å². The van der Waals surface area contributed by atoms with Crippen LogP contribution >= 0.6 is 35.4 Å². The summed E-state index contributed by atoms with van der Waals surface area (Å²) >= 11 is 17.5. The van der Waals surface area contributed by atoms with Crippen molar-refractivity contribution in [3.05, 3.63) is 88.4 Å². The third-order valence-electron chi connectivity index (χ3n) is 5.35. The van der Waals surface area contributed by atoms with E-state index in [0.29, 0.717) is 32.5 Å². The Labute approximate surface area is 228 Å². The molecule has 0 atom stereocenters. The SMILES string of the molecule is FC(F)(F)Oc1ccc(-n2nnc3c4ccc(C=NNC(=S)Nc5c(Cl)cccc5Cl)cc4ccc32)cc1. The van der Waals surface area contributed by atoms with Crippen molar-refractivity contribution in [3.63, 3.8) is 0 Å². The summed E-state index contributed by atoms with van der Waals surface area (Å²) < 4.78 is 42.8. The Morgan fingerprint density at radius 3 is 2.45 bits per heavy atom. The van der Waals surface area contributed by atoms with Crippen LogP contribution in [0.2, 0.25) is 10.0 Å². The number of halogens is 5. The lowest BCUT2D eigenvalue weighted by atomic mass is 10.1. The fraction of sp³-hybridized carbons (Fsp3) is 0.0400. The number of thiocarbonyl (C=S) groups is 1. The molecule has 0 radical (unpaired) electrons. The van der Waals surface area contributed by atoms with Gasteiger partial charge in [-0.15, -0.1) is 18.3 Å². The van der Waals surface area contributed by atoms with E-state index in [2.05, 4.69) is 30.9 Å². The number of nitrogens with zero attached hydrogens (tertiary/aromatic N) is 4. The third kappa shape index (κ3) is 5.64. The van der Waals surface area contributed by atoms with E-state index in [9.17, 15) is 13.2 Å². The van der Waals surface area contributed by atoms with E-state index < -0.39 is 6.36 Å². The topological polar surface area (TPSA) is 76.4 Å². The van der Waals surface area contributed by atoms with Gasteiger partial charge in [-0.2, -0.15) is 5.10 Å². The minimum absolute atomic E-state index is 0.216. The van der Waals surface area contributed by atoms with Crippen molar-refractivity contribution in [1.29, 1.82) is 0 Å². The van der Waals surface area contributed by atoms with Crippen LogP contribution in [0.1, 0.15) is 5.56 Å². The van der Waals surface area contributed by atoms with Crippen molar-refractivity contribution < 1.29 is 17.9 Å². The summed E-state index contributed by atoms with van der Waals surface area (Å²) in [7, 11) is 0. The van der Waals surface area contributed by atoms with Crippen LogP contribution in [-0.2, 0) is 0 Å². The molecule has 0 saturated heterocycles. The number of alkyl halides is 3. The zero-order valence-electron chi connectivity index (χ0n) is 19.0. The molecule has 5 aromatic rings. The van der Waals surface area contributed by atoms with Crippen molar-refractivity contribution in [1.82, 2.24) is 20.4 Å². The number of hydrogen-bond acceptors (Lipinski definition) is 5. The maximum Gasteiger partial charge on any atom is 0.573 e. The molecule has 192 valence electrons. The predicted octanol–water partition coefficient (Wildman–Crippen LogP) is 7.10. The second-order valence-electron chi connectivity index (χ2n) is 7.88. The first-order valence-electron chi connectivity index (χ1n) is 10.9. The smallest absolute Gasteiger partial charge is 0.406 e. The summed E-state index contributed by atoms with van der Waals surface area (Å²) in [4.78, 5) is 0. The Balaban J connectivity index is 1.32. The second-order valence-corrected chi connectivity index (χ2v) is 9.10. The average molecular weight is 575 g/mol. The van der Waals surface area contributed by atoms with Gasteiger partial charge >= 0.3 is 6.36 Å². The molecule has 0 fully saturated rings. The highest BCUT2D eigenvalue weighted by Gasteiger charge is 2.31. The van der Waals surface area contributed by atoms with Gasteiger partial charge in [0.2, 0.25) is 0 Å². The zero-order valence-corrected chi connectivity index (χ0v) is 21.3. The van der Waals surface area contributed by atoms with Gasteiger partial charge in [0.05, 0.1) is 33.2 Å². The van der Waals surface area contributed by atoms with E-state index in [1.54, 1.807) is 29.1 Å². The van der Waals surface area contributed by atoms with Gasteiger partial charge in [-0.25, -0.2) is 4.68 Å². The fourth-order valence-electron chi connectivity index (χ4n) is 3.72. The minimum Gasteiger partial charge on any atom is -0.406 e. The van der Waals surface area contributed by atoms with Crippen LogP contribution in [0, 0.1) is 0 Å². The van der Waals surface area contributed by atoms with Gasteiger partial charge in [0.1, 0.15) is 11.3 Å². The van der Waals surface area contributed by atoms with Crippen LogP contribution in [0.4, 0.5) is 18.9 Å². The number of ether oxygens (including phenoxy) is 1. The highest BCUT2D eigenvalue weighted by atomic mass is 35.5. The highest BCUT2D eigenvalue weighted by Crippen LogP contribution is 2.30. The number of aromatic nitrogens is 3. The normalized spacial score (nSPS) is 11.8. The molecular weight excluding hydrogens is 560 g/mol. The Morgan fingerprint density at radius 1 is 1.00 bits per heavy atom. The molecule has 0 spiro atoms. The number of para-hydroxylation sites is 1. The molecule has 0 aliphatic heterocycles. The van der Waals surface area contributed by atoms with E-state index in [0.717, 1.165) is 16.3 Å². The van der Waals surface area contributed by atoms with Gasteiger partial charge in [-0.05, 0) is 71.7 Å². The molecular formula is C25H15Cl2F3N6OS.